The van der Waals surface area contributed by atoms with Crippen molar-refractivity contribution in [1.82, 2.24) is 4.57 Å². The Kier molecular flexibility index (Phi) is 1.70. The number of benzene rings is 1. The molecule has 4 heteroatoms. The van der Waals surface area contributed by atoms with Gasteiger partial charge in [0, 0.05) is 18.7 Å². The smallest absolute Gasteiger partial charge is 0.407 e. The Bertz CT molecular complexity index is 496. The predicted molar refractivity (Wildman–Crippen MR) is 48.7 cm³/mol. The van der Waals surface area contributed by atoms with E-state index in [4.69, 9.17) is 4.42 Å². The molecule has 0 fully saturated rings. The molecule has 1 heterocycles. The number of aromatic nitrogens is 1. The van der Waals surface area contributed by atoms with Crippen molar-refractivity contribution in [3.05, 3.63) is 28.7 Å². The van der Waals surface area contributed by atoms with Gasteiger partial charge in [-0.25, -0.2) is 4.79 Å². The molecule has 4 nitrogen and oxygen atoms in total. The summed E-state index contributed by atoms with van der Waals surface area (Å²) in [5.74, 6) is -0.303. The van der Waals surface area contributed by atoms with Gasteiger partial charge in [0.2, 0.25) is 0 Å². The molecule has 2 rings (SSSR count). The molecule has 2 aromatic rings. The average Bonchev–Trinajstić information content (AvgIpc) is 2.39. The summed E-state index contributed by atoms with van der Waals surface area (Å²) in [6, 6.07) is 5.48. The number of oxazole rings is 1. The molecule has 68 valence electrons. The van der Waals surface area contributed by atoms with E-state index in [2.05, 4.69) is 5.73 Å². The number of aryl methyl sites for hydroxylation is 1. The highest BCUT2D eigenvalue weighted by atomic mass is 16.4. The number of hydrogen-bond acceptors (Lipinski definition) is 2. The third kappa shape index (κ3) is 1.15. The quantitative estimate of drug-likeness (QED) is 0.692. The summed E-state index contributed by atoms with van der Waals surface area (Å²) in [6.07, 6.45) is 0. The van der Waals surface area contributed by atoms with Crippen molar-refractivity contribution >= 4 is 16.8 Å². The first-order valence-corrected chi connectivity index (χ1v) is 4.17. The summed E-state index contributed by atoms with van der Waals surface area (Å²) in [5, 5.41) is 0. The van der Waals surface area contributed by atoms with E-state index >= 15 is 0 Å². The van der Waals surface area contributed by atoms with E-state index in [9.17, 15) is 4.79 Å². The average molecular weight is 179 g/mol. The van der Waals surface area contributed by atoms with Crippen molar-refractivity contribution < 1.29 is 10.2 Å². The molecule has 0 unspecified atom stereocenters. The Hall–Kier alpha value is -1.55. The monoisotopic (exact) mass is 179 g/mol. The van der Waals surface area contributed by atoms with E-state index in [0.717, 1.165) is 11.2 Å². The first-order chi connectivity index (χ1) is 6.22. The van der Waals surface area contributed by atoms with Crippen molar-refractivity contribution in [2.75, 3.05) is 0 Å². The largest absolute Gasteiger partial charge is 0.419 e. The maximum absolute atomic E-state index is 11.3. The van der Waals surface area contributed by atoms with Crippen LogP contribution in [0.4, 0.5) is 5.69 Å². The number of quaternary nitrogens is 1. The van der Waals surface area contributed by atoms with Crippen LogP contribution in [0.25, 0.3) is 11.1 Å². The van der Waals surface area contributed by atoms with Crippen LogP contribution in [0, 0.1) is 0 Å². The molecule has 0 aliphatic heterocycles. The van der Waals surface area contributed by atoms with Gasteiger partial charge in [-0.2, -0.15) is 0 Å². The van der Waals surface area contributed by atoms with Gasteiger partial charge in [0.15, 0.2) is 5.58 Å². The van der Waals surface area contributed by atoms with Crippen LogP contribution in [0.3, 0.4) is 0 Å². The van der Waals surface area contributed by atoms with Gasteiger partial charge in [-0.1, -0.05) is 0 Å². The summed E-state index contributed by atoms with van der Waals surface area (Å²) in [4.78, 5) is 11.3. The van der Waals surface area contributed by atoms with Crippen LogP contribution >= 0.6 is 0 Å². The maximum atomic E-state index is 11.3. The SMILES string of the molecule is CCn1c(=O)oc2cc([NH3+])ccc21. The third-order valence-corrected chi connectivity index (χ3v) is 2.05. The molecule has 13 heavy (non-hydrogen) atoms. The minimum absolute atomic E-state index is 0.303. The molecule has 0 radical (unpaired) electrons. The van der Waals surface area contributed by atoms with Crippen molar-refractivity contribution in [2.45, 2.75) is 13.5 Å². The first-order valence-electron chi connectivity index (χ1n) is 4.17. The van der Waals surface area contributed by atoms with E-state index in [0.29, 0.717) is 12.1 Å². The van der Waals surface area contributed by atoms with Crippen LogP contribution in [0.15, 0.2) is 27.4 Å². The maximum Gasteiger partial charge on any atom is 0.419 e. The minimum Gasteiger partial charge on any atom is -0.407 e. The fourth-order valence-corrected chi connectivity index (χ4v) is 1.41. The third-order valence-electron chi connectivity index (χ3n) is 2.05. The molecule has 0 spiro atoms. The highest BCUT2D eigenvalue weighted by Gasteiger charge is 2.07. The van der Waals surface area contributed by atoms with E-state index < -0.39 is 0 Å². The molecule has 0 saturated carbocycles. The Labute approximate surface area is 74.6 Å². The number of rotatable bonds is 1. The second-order valence-corrected chi connectivity index (χ2v) is 2.91. The van der Waals surface area contributed by atoms with Crippen molar-refractivity contribution in [1.29, 1.82) is 0 Å². The zero-order valence-electron chi connectivity index (χ0n) is 7.41. The highest BCUT2D eigenvalue weighted by molar-refractivity contribution is 5.75. The van der Waals surface area contributed by atoms with Crippen LogP contribution in [0.2, 0.25) is 0 Å². The molecule has 0 aliphatic carbocycles. The van der Waals surface area contributed by atoms with Gasteiger partial charge < -0.3 is 10.2 Å². The van der Waals surface area contributed by atoms with Gasteiger partial charge in [0.25, 0.3) is 0 Å². The zero-order valence-corrected chi connectivity index (χ0v) is 7.41. The van der Waals surface area contributed by atoms with Gasteiger partial charge in [0.05, 0.1) is 5.52 Å². The molecule has 1 aromatic carbocycles. The van der Waals surface area contributed by atoms with Crippen molar-refractivity contribution in [3.63, 3.8) is 0 Å². The van der Waals surface area contributed by atoms with Gasteiger partial charge in [-0.15, -0.1) is 0 Å². The molecule has 0 atom stereocenters. The van der Waals surface area contributed by atoms with Crippen molar-refractivity contribution in [3.8, 4) is 0 Å². The summed E-state index contributed by atoms with van der Waals surface area (Å²) >= 11 is 0. The van der Waals surface area contributed by atoms with Crippen molar-refractivity contribution in [2.24, 2.45) is 0 Å². The molecule has 0 saturated heterocycles. The van der Waals surface area contributed by atoms with Crippen LogP contribution in [0.5, 0.6) is 0 Å². The predicted octanol–water partition coefficient (Wildman–Crippen LogP) is 0.488. The topological polar surface area (TPSA) is 62.8 Å². The number of hydrogen-bond donors (Lipinski definition) is 1. The normalized spacial score (nSPS) is 10.9. The lowest BCUT2D eigenvalue weighted by molar-refractivity contribution is -0.254. The lowest BCUT2D eigenvalue weighted by Crippen LogP contribution is -2.39. The Morgan fingerprint density at radius 3 is 3.00 bits per heavy atom. The zero-order chi connectivity index (χ0) is 9.42. The van der Waals surface area contributed by atoms with Gasteiger partial charge in [-0.3, -0.25) is 4.57 Å². The molecule has 1 aromatic heterocycles. The van der Waals surface area contributed by atoms with E-state index in [-0.39, 0.29) is 5.76 Å². The Morgan fingerprint density at radius 1 is 1.54 bits per heavy atom. The molecule has 0 amide bonds. The molecule has 3 N–H and O–H groups in total. The van der Waals surface area contributed by atoms with Crippen LogP contribution in [-0.2, 0) is 6.54 Å². The highest BCUT2D eigenvalue weighted by Crippen LogP contribution is 2.14. The number of nitrogens with zero attached hydrogens (tertiary/aromatic N) is 1. The van der Waals surface area contributed by atoms with Crippen LogP contribution < -0.4 is 11.5 Å². The summed E-state index contributed by atoms with van der Waals surface area (Å²) in [5.41, 5.74) is 6.06. The molecular weight excluding hydrogens is 168 g/mol. The summed E-state index contributed by atoms with van der Waals surface area (Å²) in [6.45, 7) is 2.54. The van der Waals surface area contributed by atoms with Crippen LogP contribution in [0.1, 0.15) is 6.92 Å². The lowest BCUT2D eigenvalue weighted by Gasteiger charge is -1.94. The number of fused-ring (bicyclic) bond motifs is 1. The lowest BCUT2D eigenvalue weighted by atomic mass is 10.3. The van der Waals surface area contributed by atoms with E-state index in [1.165, 1.54) is 0 Å². The molecule has 0 aliphatic rings. The fourth-order valence-electron chi connectivity index (χ4n) is 1.41. The van der Waals surface area contributed by atoms with Crippen LogP contribution in [-0.4, -0.2) is 4.57 Å². The van der Waals surface area contributed by atoms with Gasteiger partial charge in [0.1, 0.15) is 5.69 Å². The summed E-state index contributed by atoms with van der Waals surface area (Å²) < 4.78 is 6.63. The Morgan fingerprint density at radius 2 is 2.31 bits per heavy atom. The standard InChI is InChI=1S/C9H10N2O2/c1-2-11-7-4-3-6(10)5-8(7)13-9(11)12/h3-5H,2,10H2,1H3/p+1. The fraction of sp³-hybridized carbons (Fsp3) is 0.222. The van der Waals surface area contributed by atoms with E-state index in [1.54, 1.807) is 10.6 Å². The minimum atomic E-state index is -0.303. The van der Waals surface area contributed by atoms with Gasteiger partial charge in [-0.05, 0) is 13.0 Å². The van der Waals surface area contributed by atoms with Gasteiger partial charge >= 0.3 is 5.76 Å². The second kappa shape index (κ2) is 2.74. The first kappa shape index (κ1) is 8.07. The summed E-state index contributed by atoms with van der Waals surface area (Å²) in [7, 11) is 0. The Balaban J connectivity index is 2.87. The second-order valence-electron chi connectivity index (χ2n) is 2.91. The van der Waals surface area contributed by atoms with E-state index in [1.807, 2.05) is 19.1 Å². The molecular formula is C9H11N2O2+. The molecule has 0 bridgehead atoms.